The van der Waals surface area contributed by atoms with Gasteiger partial charge in [-0.3, -0.25) is 20.4 Å². The number of hydrazine groups is 1. The number of aryl methyl sites for hydroxylation is 2. The summed E-state index contributed by atoms with van der Waals surface area (Å²) >= 11 is 0. The minimum Gasteiger partial charge on any atom is -0.350 e. The van der Waals surface area contributed by atoms with Crippen molar-refractivity contribution in [3.8, 4) is 0 Å². The minimum absolute atomic E-state index is 0.0970. The second kappa shape index (κ2) is 6.86. The third kappa shape index (κ3) is 3.69. The van der Waals surface area contributed by atoms with Gasteiger partial charge in [-0.15, -0.1) is 0 Å². The van der Waals surface area contributed by atoms with Crippen LogP contribution in [0.2, 0.25) is 0 Å². The van der Waals surface area contributed by atoms with Crippen LogP contribution in [0.5, 0.6) is 0 Å². The molecule has 4 N–H and O–H groups in total. The number of hydrogen-bond acceptors (Lipinski definition) is 4. The van der Waals surface area contributed by atoms with Crippen LogP contribution >= 0.6 is 0 Å². The number of amides is 2. The number of nitrogens with two attached hydrogens (primary N) is 1. The summed E-state index contributed by atoms with van der Waals surface area (Å²) in [5, 5.41) is 5.85. The van der Waals surface area contributed by atoms with Crippen molar-refractivity contribution in [3.63, 3.8) is 0 Å². The molecule has 0 aliphatic rings. The van der Waals surface area contributed by atoms with Crippen molar-refractivity contribution in [2.45, 2.75) is 11.8 Å². The van der Waals surface area contributed by atoms with Gasteiger partial charge in [-0.2, -0.15) is 0 Å². The van der Waals surface area contributed by atoms with Crippen molar-refractivity contribution in [1.82, 2.24) is 15.4 Å². The fraction of sp³-hybridized carbons (Fsp3) is 0.111. The van der Waals surface area contributed by atoms with E-state index >= 15 is 0 Å². The molecule has 0 fully saturated rings. The van der Waals surface area contributed by atoms with Crippen molar-refractivity contribution in [2.24, 2.45) is 12.2 Å². The molecule has 140 valence electrons. The van der Waals surface area contributed by atoms with E-state index in [0.29, 0.717) is 11.1 Å². The molecule has 1 heterocycles. The summed E-state index contributed by atoms with van der Waals surface area (Å²) in [4.78, 5) is 24.7. The molecule has 0 spiro atoms. The number of benzene rings is 2. The first kappa shape index (κ1) is 18.6. The van der Waals surface area contributed by atoms with E-state index in [2.05, 4.69) is 10.9 Å². The molecule has 2 amide bonds. The maximum atomic E-state index is 12.5. The van der Waals surface area contributed by atoms with Gasteiger partial charge in [-0.25, -0.2) is 13.6 Å². The van der Waals surface area contributed by atoms with E-state index in [-0.39, 0.29) is 10.5 Å². The summed E-state index contributed by atoms with van der Waals surface area (Å²) in [6.07, 6.45) is 1.67. The Morgan fingerprint density at radius 3 is 2.30 bits per heavy atom. The molecule has 0 aliphatic heterocycles. The Kier molecular flexibility index (Phi) is 4.73. The molecule has 1 aromatic heterocycles. The summed E-state index contributed by atoms with van der Waals surface area (Å²) in [5.41, 5.74) is 6.59. The summed E-state index contributed by atoms with van der Waals surface area (Å²) < 4.78 is 24.8. The zero-order valence-corrected chi connectivity index (χ0v) is 15.5. The third-order valence-electron chi connectivity index (χ3n) is 4.21. The van der Waals surface area contributed by atoms with Crippen LogP contribution in [0.25, 0.3) is 10.9 Å². The van der Waals surface area contributed by atoms with Crippen molar-refractivity contribution >= 4 is 32.7 Å². The Labute approximate surface area is 156 Å². The van der Waals surface area contributed by atoms with Gasteiger partial charge in [0.05, 0.1) is 10.5 Å². The van der Waals surface area contributed by atoms with Crippen LogP contribution in [0.3, 0.4) is 0 Å². The number of primary sulfonamides is 1. The first-order chi connectivity index (χ1) is 12.7. The summed E-state index contributed by atoms with van der Waals surface area (Å²) in [6, 6.07) is 11.3. The van der Waals surface area contributed by atoms with Crippen LogP contribution in [0.1, 0.15) is 26.3 Å². The van der Waals surface area contributed by atoms with Gasteiger partial charge in [0.1, 0.15) is 0 Å². The van der Waals surface area contributed by atoms with Crippen molar-refractivity contribution in [3.05, 3.63) is 65.4 Å². The number of para-hydroxylation sites is 1. The smallest absolute Gasteiger partial charge is 0.271 e. The Bertz CT molecular complexity index is 1170. The van der Waals surface area contributed by atoms with Gasteiger partial charge in [-0.05, 0) is 30.7 Å². The Morgan fingerprint density at radius 2 is 1.63 bits per heavy atom. The maximum absolute atomic E-state index is 12.5. The van der Waals surface area contributed by atoms with E-state index in [0.717, 1.165) is 10.9 Å². The average Bonchev–Trinajstić information content (AvgIpc) is 2.96. The highest BCUT2D eigenvalue weighted by Crippen LogP contribution is 2.20. The number of hydrogen-bond donors (Lipinski definition) is 3. The fourth-order valence-electron chi connectivity index (χ4n) is 2.79. The molecule has 8 nitrogen and oxygen atoms in total. The van der Waals surface area contributed by atoms with Gasteiger partial charge in [0.25, 0.3) is 11.8 Å². The predicted octanol–water partition coefficient (Wildman–Crippen LogP) is 1.21. The molecule has 0 saturated heterocycles. The number of nitrogens with zero attached hydrogens (tertiary/aromatic N) is 1. The van der Waals surface area contributed by atoms with Gasteiger partial charge in [-0.1, -0.05) is 24.3 Å². The molecule has 0 saturated carbocycles. The van der Waals surface area contributed by atoms with E-state index in [1.165, 1.54) is 18.2 Å². The van der Waals surface area contributed by atoms with Crippen molar-refractivity contribution in [1.29, 1.82) is 0 Å². The molecule has 9 heteroatoms. The van der Waals surface area contributed by atoms with Gasteiger partial charge < -0.3 is 4.57 Å². The number of carbonyl (C=O) groups is 2. The van der Waals surface area contributed by atoms with Gasteiger partial charge in [0, 0.05) is 29.7 Å². The lowest BCUT2D eigenvalue weighted by molar-refractivity contribution is 0.0847. The average molecular weight is 386 g/mol. The normalized spacial score (nSPS) is 11.4. The van der Waals surface area contributed by atoms with Gasteiger partial charge in [0.2, 0.25) is 10.0 Å². The lowest BCUT2D eigenvalue weighted by Gasteiger charge is -2.10. The van der Waals surface area contributed by atoms with Crippen LogP contribution in [0, 0.1) is 6.92 Å². The monoisotopic (exact) mass is 386 g/mol. The number of fused-ring (bicyclic) bond motifs is 1. The number of sulfonamides is 1. The van der Waals surface area contributed by atoms with Crippen LogP contribution in [-0.2, 0) is 17.1 Å². The quantitative estimate of drug-likeness (QED) is 0.585. The lowest BCUT2D eigenvalue weighted by atomic mass is 10.1. The van der Waals surface area contributed by atoms with Gasteiger partial charge in [0.15, 0.2) is 0 Å². The van der Waals surface area contributed by atoms with Crippen LogP contribution in [-0.4, -0.2) is 24.8 Å². The number of rotatable bonds is 3. The third-order valence-corrected chi connectivity index (χ3v) is 5.12. The van der Waals surface area contributed by atoms with Crippen molar-refractivity contribution in [2.75, 3.05) is 0 Å². The molecule has 0 bridgehead atoms. The van der Waals surface area contributed by atoms with Crippen LogP contribution < -0.4 is 16.0 Å². The predicted molar refractivity (Wildman–Crippen MR) is 100 cm³/mol. The van der Waals surface area contributed by atoms with E-state index in [4.69, 9.17) is 5.14 Å². The Balaban J connectivity index is 1.80. The van der Waals surface area contributed by atoms with E-state index in [9.17, 15) is 18.0 Å². The maximum Gasteiger partial charge on any atom is 0.271 e. The Hall–Kier alpha value is -3.17. The molecule has 2 aromatic carbocycles. The molecular formula is C18H18N4O4S. The number of aromatic nitrogens is 1. The zero-order valence-electron chi connectivity index (χ0n) is 14.7. The van der Waals surface area contributed by atoms with E-state index < -0.39 is 21.8 Å². The molecule has 0 aliphatic carbocycles. The summed E-state index contributed by atoms with van der Waals surface area (Å²) in [5.74, 6) is -1.13. The molecule has 0 radical (unpaired) electrons. The number of carbonyl (C=O) groups excluding carboxylic acids is 2. The van der Waals surface area contributed by atoms with Crippen LogP contribution in [0.4, 0.5) is 0 Å². The van der Waals surface area contributed by atoms with Crippen molar-refractivity contribution < 1.29 is 18.0 Å². The molecular weight excluding hydrogens is 368 g/mol. The number of nitrogens with one attached hydrogen (secondary N) is 2. The summed E-state index contributed by atoms with van der Waals surface area (Å²) in [6.45, 7) is 1.65. The highest BCUT2D eigenvalue weighted by Gasteiger charge is 2.17. The fourth-order valence-corrected chi connectivity index (χ4v) is 3.33. The minimum atomic E-state index is -3.94. The highest BCUT2D eigenvalue weighted by atomic mass is 32.2. The molecule has 27 heavy (non-hydrogen) atoms. The van der Waals surface area contributed by atoms with Crippen LogP contribution in [0.15, 0.2) is 53.6 Å². The van der Waals surface area contributed by atoms with E-state index in [1.54, 1.807) is 13.1 Å². The first-order valence-electron chi connectivity index (χ1n) is 7.96. The molecule has 3 aromatic rings. The highest BCUT2D eigenvalue weighted by molar-refractivity contribution is 7.89. The SMILES string of the molecule is Cc1ccc(S(N)(=O)=O)cc1C(=O)NNC(=O)c1cn(C)c2ccccc12. The first-order valence-corrected chi connectivity index (χ1v) is 9.51. The zero-order chi connectivity index (χ0) is 19.8. The van der Waals surface area contributed by atoms with E-state index in [1.807, 2.05) is 35.9 Å². The lowest BCUT2D eigenvalue weighted by Crippen LogP contribution is -2.41. The Morgan fingerprint density at radius 1 is 1.00 bits per heavy atom. The molecule has 0 atom stereocenters. The second-order valence-electron chi connectivity index (χ2n) is 6.10. The second-order valence-corrected chi connectivity index (χ2v) is 7.66. The standard InChI is InChI=1S/C18H18N4O4S/c1-11-7-8-12(27(19,25)26)9-14(11)17(23)20-21-18(24)15-10-22(2)16-6-4-3-5-13(15)16/h3-10H,1-2H3,(H,20,23)(H,21,24)(H2,19,25,26). The summed E-state index contributed by atoms with van der Waals surface area (Å²) in [7, 11) is -2.12. The largest absolute Gasteiger partial charge is 0.350 e. The molecule has 3 rings (SSSR count). The van der Waals surface area contributed by atoms with Gasteiger partial charge >= 0.3 is 0 Å². The molecule has 0 unspecified atom stereocenters. The topological polar surface area (TPSA) is 123 Å².